The molecule has 0 saturated carbocycles. The van der Waals surface area contributed by atoms with Crippen LogP contribution in [0.1, 0.15) is 0 Å². The van der Waals surface area contributed by atoms with Gasteiger partial charge in [-0.15, -0.1) is 0 Å². The second kappa shape index (κ2) is 6.45. The number of para-hydroxylation sites is 1. The number of aromatic nitrogens is 3. The number of nitrogens with one attached hydrogen (secondary N) is 2. The van der Waals surface area contributed by atoms with Gasteiger partial charge in [0, 0.05) is 29.5 Å². The Morgan fingerprint density at radius 2 is 1.84 bits per heavy atom. The number of benzene rings is 2. The Labute approximate surface area is 150 Å². The molecule has 0 saturated heterocycles. The van der Waals surface area contributed by atoms with Crippen molar-refractivity contribution in [2.75, 3.05) is 17.7 Å². The zero-order valence-electron chi connectivity index (χ0n) is 13.6. The molecule has 0 unspecified atom stereocenters. The van der Waals surface area contributed by atoms with Gasteiger partial charge in [-0.1, -0.05) is 35.9 Å². The molecule has 0 aliphatic rings. The highest BCUT2D eigenvalue weighted by molar-refractivity contribution is 6.30. The summed E-state index contributed by atoms with van der Waals surface area (Å²) < 4.78 is 2.07. The molecular formula is C19H16ClN5. The molecule has 2 aromatic heterocycles. The third kappa shape index (κ3) is 3.02. The first kappa shape index (κ1) is 15.5. The summed E-state index contributed by atoms with van der Waals surface area (Å²) in [5.74, 6) is 1.50. The summed E-state index contributed by atoms with van der Waals surface area (Å²) in [5, 5.41) is 7.11. The predicted molar refractivity (Wildman–Crippen MR) is 103 cm³/mol. The second-order valence-corrected chi connectivity index (χ2v) is 5.99. The fourth-order valence-electron chi connectivity index (χ4n) is 2.77. The summed E-state index contributed by atoms with van der Waals surface area (Å²) in [6.07, 6.45) is 1.77. The number of anilines is 3. The summed E-state index contributed by atoms with van der Waals surface area (Å²) in [6, 6.07) is 19.6. The van der Waals surface area contributed by atoms with Crippen molar-refractivity contribution in [1.29, 1.82) is 0 Å². The van der Waals surface area contributed by atoms with E-state index in [1.165, 1.54) is 0 Å². The van der Waals surface area contributed by atoms with E-state index in [0.29, 0.717) is 5.02 Å². The van der Waals surface area contributed by atoms with E-state index >= 15 is 0 Å². The molecule has 0 atom stereocenters. The van der Waals surface area contributed by atoms with Crippen molar-refractivity contribution in [2.45, 2.75) is 0 Å². The van der Waals surface area contributed by atoms with E-state index in [9.17, 15) is 0 Å². The predicted octanol–water partition coefficient (Wildman–Crippen LogP) is 4.86. The van der Waals surface area contributed by atoms with Crippen LogP contribution in [-0.4, -0.2) is 21.6 Å². The standard InChI is InChI=1S/C19H16ClN5/c1-21-19-24-16-12-22-18(23-14-7-5-6-13(20)10-14)11-17(16)25(19)15-8-3-2-4-9-15/h2-12H,1H3,(H,21,24)(H,22,23). The van der Waals surface area contributed by atoms with Gasteiger partial charge in [0.05, 0.1) is 11.7 Å². The monoisotopic (exact) mass is 349 g/mol. The fraction of sp³-hybridized carbons (Fsp3) is 0.0526. The van der Waals surface area contributed by atoms with Gasteiger partial charge in [0.2, 0.25) is 5.95 Å². The van der Waals surface area contributed by atoms with Crippen molar-refractivity contribution in [3.8, 4) is 5.69 Å². The first-order valence-electron chi connectivity index (χ1n) is 7.89. The lowest BCUT2D eigenvalue weighted by atomic mass is 10.3. The molecule has 5 nitrogen and oxygen atoms in total. The van der Waals surface area contributed by atoms with Crippen molar-refractivity contribution < 1.29 is 0 Å². The van der Waals surface area contributed by atoms with Gasteiger partial charge in [-0.2, -0.15) is 0 Å². The Kier molecular flexibility index (Phi) is 3.99. The zero-order chi connectivity index (χ0) is 17.2. The molecule has 0 radical (unpaired) electrons. The van der Waals surface area contributed by atoms with Crippen molar-refractivity contribution in [3.63, 3.8) is 0 Å². The SMILES string of the molecule is CNc1nc2cnc(Nc3cccc(Cl)c3)cc2n1-c1ccccc1. The van der Waals surface area contributed by atoms with Crippen molar-refractivity contribution in [1.82, 2.24) is 14.5 Å². The summed E-state index contributed by atoms with van der Waals surface area (Å²) in [6.45, 7) is 0. The van der Waals surface area contributed by atoms with Crippen LogP contribution in [0.25, 0.3) is 16.7 Å². The molecule has 2 heterocycles. The normalized spacial score (nSPS) is 10.8. The molecule has 0 fully saturated rings. The van der Waals surface area contributed by atoms with Gasteiger partial charge in [0.25, 0.3) is 0 Å². The van der Waals surface area contributed by atoms with Gasteiger partial charge in [0.1, 0.15) is 11.3 Å². The molecule has 0 bridgehead atoms. The second-order valence-electron chi connectivity index (χ2n) is 5.55. The number of hydrogen-bond acceptors (Lipinski definition) is 4. The number of pyridine rings is 1. The Morgan fingerprint density at radius 3 is 2.60 bits per heavy atom. The van der Waals surface area contributed by atoms with Crippen LogP contribution in [0, 0.1) is 0 Å². The minimum absolute atomic E-state index is 0.679. The largest absolute Gasteiger partial charge is 0.358 e. The van der Waals surface area contributed by atoms with Gasteiger partial charge < -0.3 is 10.6 Å². The van der Waals surface area contributed by atoms with E-state index in [0.717, 1.165) is 34.2 Å². The van der Waals surface area contributed by atoms with Gasteiger partial charge >= 0.3 is 0 Å². The van der Waals surface area contributed by atoms with E-state index in [1.54, 1.807) is 6.20 Å². The fourth-order valence-corrected chi connectivity index (χ4v) is 2.96. The van der Waals surface area contributed by atoms with Crippen molar-refractivity contribution >= 4 is 40.1 Å². The summed E-state index contributed by atoms with van der Waals surface area (Å²) in [7, 11) is 1.86. The zero-order valence-corrected chi connectivity index (χ0v) is 14.3. The topological polar surface area (TPSA) is 54.8 Å². The molecule has 0 aliphatic heterocycles. The summed E-state index contributed by atoms with van der Waals surface area (Å²) in [4.78, 5) is 9.07. The number of nitrogens with zero attached hydrogens (tertiary/aromatic N) is 3. The molecular weight excluding hydrogens is 334 g/mol. The number of rotatable bonds is 4. The van der Waals surface area contributed by atoms with E-state index in [-0.39, 0.29) is 0 Å². The van der Waals surface area contributed by atoms with Gasteiger partial charge in [-0.05, 0) is 30.3 Å². The number of hydrogen-bond donors (Lipinski definition) is 2. The number of fused-ring (bicyclic) bond motifs is 1. The molecule has 124 valence electrons. The van der Waals surface area contributed by atoms with Crippen LogP contribution < -0.4 is 10.6 Å². The highest BCUT2D eigenvalue weighted by Crippen LogP contribution is 2.27. The van der Waals surface area contributed by atoms with E-state index in [2.05, 4.69) is 25.2 Å². The Hall–Kier alpha value is -3.05. The van der Waals surface area contributed by atoms with Crippen LogP contribution in [-0.2, 0) is 0 Å². The lowest BCUT2D eigenvalue weighted by Crippen LogP contribution is -2.01. The van der Waals surface area contributed by atoms with Gasteiger partial charge in [-0.25, -0.2) is 9.97 Å². The molecule has 6 heteroatoms. The lowest BCUT2D eigenvalue weighted by molar-refractivity contribution is 1.09. The van der Waals surface area contributed by atoms with E-state index in [4.69, 9.17) is 11.6 Å². The molecule has 2 N–H and O–H groups in total. The smallest absolute Gasteiger partial charge is 0.208 e. The number of halogens is 1. The molecule has 0 aliphatic carbocycles. The first-order chi connectivity index (χ1) is 12.2. The third-order valence-electron chi connectivity index (χ3n) is 3.88. The third-order valence-corrected chi connectivity index (χ3v) is 4.11. The van der Waals surface area contributed by atoms with Crippen LogP contribution >= 0.6 is 11.6 Å². The summed E-state index contributed by atoms with van der Waals surface area (Å²) in [5.41, 5.74) is 3.72. The maximum atomic E-state index is 6.05. The molecule has 0 spiro atoms. The molecule has 0 amide bonds. The first-order valence-corrected chi connectivity index (χ1v) is 8.26. The maximum Gasteiger partial charge on any atom is 0.208 e. The number of imidazole rings is 1. The Bertz CT molecular complexity index is 1030. The van der Waals surface area contributed by atoms with Crippen molar-refractivity contribution in [2.24, 2.45) is 0 Å². The maximum absolute atomic E-state index is 6.05. The molecule has 25 heavy (non-hydrogen) atoms. The quantitative estimate of drug-likeness (QED) is 0.552. The Balaban J connectivity index is 1.82. The highest BCUT2D eigenvalue weighted by atomic mass is 35.5. The van der Waals surface area contributed by atoms with Gasteiger partial charge in [-0.3, -0.25) is 4.57 Å². The average molecular weight is 350 g/mol. The lowest BCUT2D eigenvalue weighted by Gasteiger charge is -2.09. The van der Waals surface area contributed by atoms with Crippen LogP contribution in [0.15, 0.2) is 66.9 Å². The van der Waals surface area contributed by atoms with Gasteiger partial charge in [0.15, 0.2) is 0 Å². The minimum atomic E-state index is 0.679. The van der Waals surface area contributed by atoms with Crippen LogP contribution in [0.5, 0.6) is 0 Å². The van der Waals surface area contributed by atoms with E-state index in [1.807, 2.05) is 67.7 Å². The van der Waals surface area contributed by atoms with E-state index < -0.39 is 0 Å². The highest BCUT2D eigenvalue weighted by Gasteiger charge is 2.12. The summed E-state index contributed by atoms with van der Waals surface area (Å²) >= 11 is 6.05. The van der Waals surface area contributed by atoms with Crippen LogP contribution in [0.2, 0.25) is 5.02 Å². The molecule has 4 rings (SSSR count). The van der Waals surface area contributed by atoms with Crippen molar-refractivity contribution in [3.05, 3.63) is 71.9 Å². The Morgan fingerprint density at radius 1 is 1.00 bits per heavy atom. The van der Waals surface area contributed by atoms with Crippen LogP contribution in [0.3, 0.4) is 0 Å². The molecule has 4 aromatic rings. The minimum Gasteiger partial charge on any atom is -0.358 e. The van der Waals surface area contributed by atoms with Crippen LogP contribution in [0.4, 0.5) is 17.5 Å². The molecule has 2 aromatic carbocycles. The average Bonchev–Trinajstić information content (AvgIpc) is 3.00.